The fourth-order valence-corrected chi connectivity index (χ4v) is 2.08. The van der Waals surface area contributed by atoms with Gasteiger partial charge in [0, 0.05) is 10.0 Å². The fraction of sp³-hybridized carbons (Fsp3) is 0.111. The van der Waals surface area contributed by atoms with Crippen LogP contribution in [-0.4, -0.2) is 13.2 Å². The zero-order chi connectivity index (χ0) is 16.5. The van der Waals surface area contributed by atoms with Gasteiger partial charge < -0.3 is 9.47 Å². The maximum atomic E-state index is 8.83. The molecule has 0 N–H and O–H groups in total. The molecule has 2 aromatic carbocycles. The molecule has 5 heteroatoms. The molecule has 0 fully saturated rings. The second-order valence-corrected chi connectivity index (χ2v) is 5.39. The van der Waals surface area contributed by atoms with Gasteiger partial charge in [-0.25, -0.2) is 0 Å². The number of para-hydroxylation sites is 1. The van der Waals surface area contributed by atoms with Crippen molar-refractivity contribution in [3.05, 3.63) is 64.1 Å². The minimum absolute atomic E-state index is 0.0344. The zero-order valence-corrected chi connectivity index (χ0v) is 13.8. The molecule has 2 aromatic rings. The second-order valence-electron chi connectivity index (χ2n) is 4.47. The van der Waals surface area contributed by atoms with Crippen LogP contribution in [0, 0.1) is 22.7 Å². The minimum Gasteiger partial charge on any atom is -0.490 e. The van der Waals surface area contributed by atoms with E-state index < -0.39 is 0 Å². The van der Waals surface area contributed by atoms with Crippen LogP contribution in [0.15, 0.2) is 58.6 Å². The number of ether oxygens (including phenoxy) is 2. The Morgan fingerprint density at radius 3 is 2.30 bits per heavy atom. The summed E-state index contributed by atoms with van der Waals surface area (Å²) in [4.78, 5) is 0. The van der Waals surface area contributed by atoms with E-state index in [1.54, 1.807) is 12.1 Å². The first-order valence-electron chi connectivity index (χ1n) is 6.85. The van der Waals surface area contributed by atoms with E-state index in [2.05, 4.69) is 15.9 Å². The molecule has 114 valence electrons. The maximum Gasteiger partial charge on any atom is 0.130 e. The van der Waals surface area contributed by atoms with Crippen LogP contribution in [0.5, 0.6) is 11.5 Å². The first-order valence-corrected chi connectivity index (χ1v) is 7.64. The predicted octanol–water partition coefficient (Wildman–Crippen LogP) is 4.34. The van der Waals surface area contributed by atoms with Gasteiger partial charge in [-0.2, -0.15) is 10.5 Å². The van der Waals surface area contributed by atoms with Crippen LogP contribution in [0.2, 0.25) is 0 Å². The highest BCUT2D eigenvalue weighted by molar-refractivity contribution is 9.10. The lowest BCUT2D eigenvalue weighted by Gasteiger charge is -2.10. The van der Waals surface area contributed by atoms with Crippen LogP contribution in [-0.2, 0) is 0 Å². The first kappa shape index (κ1) is 16.6. The molecule has 0 unspecified atom stereocenters. The Morgan fingerprint density at radius 2 is 1.61 bits per heavy atom. The van der Waals surface area contributed by atoms with Crippen LogP contribution < -0.4 is 9.47 Å². The van der Waals surface area contributed by atoms with E-state index in [1.807, 2.05) is 48.5 Å². The van der Waals surface area contributed by atoms with Gasteiger partial charge in [-0.05, 0) is 36.4 Å². The molecule has 0 radical (unpaired) electrons. The second kappa shape index (κ2) is 8.63. The van der Waals surface area contributed by atoms with Gasteiger partial charge in [0.15, 0.2) is 0 Å². The van der Waals surface area contributed by atoms with E-state index in [4.69, 9.17) is 20.0 Å². The summed E-state index contributed by atoms with van der Waals surface area (Å²) in [6.45, 7) is 0.748. The lowest BCUT2D eigenvalue weighted by Crippen LogP contribution is -2.09. The summed E-state index contributed by atoms with van der Waals surface area (Å²) in [5, 5.41) is 17.7. The van der Waals surface area contributed by atoms with E-state index in [0.29, 0.717) is 24.5 Å². The fourth-order valence-electron chi connectivity index (χ4n) is 1.82. The Labute approximate surface area is 143 Å². The van der Waals surface area contributed by atoms with Gasteiger partial charge in [-0.3, -0.25) is 0 Å². The van der Waals surface area contributed by atoms with Crippen LogP contribution in [0.25, 0.3) is 6.08 Å². The number of benzene rings is 2. The largest absolute Gasteiger partial charge is 0.490 e. The molecule has 2 rings (SSSR count). The molecule has 23 heavy (non-hydrogen) atoms. The Bertz CT molecular complexity index is 755. The van der Waals surface area contributed by atoms with Crippen molar-refractivity contribution >= 4 is 22.0 Å². The molecule has 0 saturated carbocycles. The molecular weight excluding hydrogens is 356 g/mol. The summed E-state index contributed by atoms with van der Waals surface area (Å²) in [5.74, 6) is 1.37. The highest BCUT2D eigenvalue weighted by atomic mass is 79.9. The summed E-state index contributed by atoms with van der Waals surface area (Å²) in [6.07, 6.45) is 1.50. The molecular formula is C18H13BrN2O2. The van der Waals surface area contributed by atoms with Gasteiger partial charge in [0.05, 0.1) is 0 Å². The number of rotatable bonds is 6. The average molecular weight is 369 g/mol. The third kappa shape index (κ3) is 5.18. The van der Waals surface area contributed by atoms with Crippen molar-refractivity contribution in [3.63, 3.8) is 0 Å². The van der Waals surface area contributed by atoms with Crippen molar-refractivity contribution in [2.75, 3.05) is 13.2 Å². The van der Waals surface area contributed by atoms with E-state index in [1.165, 1.54) is 6.08 Å². The normalized spacial score (nSPS) is 9.35. The molecule has 0 saturated heterocycles. The molecule has 0 atom stereocenters. The van der Waals surface area contributed by atoms with Gasteiger partial charge in [-0.15, -0.1) is 0 Å². The molecule has 0 aliphatic rings. The van der Waals surface area contributed by atoms with Crippen molar-refractivity contribution in [1.82, 2.24) is 0 Å². The van der Waals surface area contributed by atoms with E-state index in [-0.39, 0.29) is 5.57 Å². The van der Waals surface area contributed by atoms with Gasteiger partial charge in [-0.1, -0.05) is 34.1 Å². The van der Waals surface area contributed by atoms with Crippen molar-refractivity contribution in [1.29, 1.82) is 10.5 Å². The van der Waals surface area contributed by atoms with Gasteiger partial charge >= 0.3 is 0 Å². The summed E-state index contributed by atoms with van der Waals surface area (Å²) in [7, 11) is 0. The number of nitrogens with zero attached hydrogens (tertiary/aromatic N) is 2. The number of nitriles is 2. The van der Waals surface area contributed by atoms with Gasteiger partial charge in [0.1, 0.15) is 42.4 Å². The van der Waals surface area contributed by atoms with E-state index in [9.17, 15) is 0 Å². The number of hydrogen-bond donors (Lipinski definition) is 0. The van der Waals surface area contributed by atoms with Crippen molar-refractivity contribution in [3.8, 4) is 23.6 Å². The lowest BCUT2D eigenvalue weighted by atomic mass is 10.1. The molecule has 0 amide bonds. The smallest absolute Gasteiger partial charge is 0.130 e. The topological polar surface area (TPSA) is 66.0 Å². The van der Waals surface area contributed by atoms with Crippen molar-refractivity contribution in [2.24, 2.45) is 0 Å². The van der Waals surface area contributed by atoms with Crippen LogP contribution in [0.4, 0.5) is 0 Å². The average Bonchev–Trinajstić information content (AvgIpc) is 2.59. The standard InChI is InChI=1S/C18H13BrN2O2/c19-16-5-7-17(8-6-16)22-9-10-23-18-4-2-1-3-15(18)11-14(12-20)13-21/h1-8,11H,9-10H2. The molecule has 0 aliphatic carbocycles. The minimum atomic E-state index is 0.0344. The molecule has 0 aromatic heterocycles. The molecule has 4 nitrogen and oxygen atoms in total. The van der Waals surface area contributed by atoms with Crippen LogP contribution in [0.3, 0.4) is 0 Å². The predicted molar refractivity (Wildman–Crippen MR) is 90.8 cm³/mol. The monoisotopic (exact) mass is 368 g/mol. The number of allylic oxidation sites excluding steroid dienone is 1. The quantitative estimate of drug-likeness (QED) is 0.561. The van der Waals surface area contributed by atoms with Crippen LogP contribution in [0.1, 0.15) is 5.56 Å². The third-order valence-corrected chi connectivity index (χ3v) is 3.41. The Hall–Kier alpha value is -2.76. The third-order valence-electron chi connectivity index (χ3n) is 2.88. The highest BCUT2D eigenvalue weighted by Crippen LogP contribution is 2.21. The highest BCUT2D eigenvalue weighted by Gasteiger charge is 2.03. The van der Waals surface area contributed by atoms with Gasteiger partial charge in [0.2, 0.25) is 0 Å². The molecule has 0 aliphatic heterocycles. The van der Waals surface area contributed by atoms with E-state index in [0.717, 1.165) is 10.2 Å². The number of halogens is 1. The Morgan fingerprint density at radius 1 is 0.957 bits per heavy atom. The SMILES string of the molecule is N#CC(C#N)=Cc1ccccc1OCCOc1ccc(Br)cc1. The Balaban J connectivity index is 1.94. The maximum absolute atomic E-state index is 8.83. The lowest BCUT2D eigenvalue weighted by molar-refractivity contribution is 0.217. The van der Waals surface area contributed by atoms with Crippen molar-refractivity contribution in [2.45, 2.75) is 0 Å². The summed E-state index contributed by atoms with van der Waals surface area (Å²) in [6, 6.07) is 18.5. The summed E-state index contributed by atoms with van der Waals surface area (Å²) < 4.78 is 12.2. The van der Waals surface area contributed by atoms with Gasteiger partial charge in [0.25, 0.3) is 0 Å². The summed E-state index contributed by atoms with van der Waals surface area (Å²) in [5.41, 5.74) is 0.724. The van der Waals surface area contributed by atoms with Crippen molar-refractivity contribution < 1.29 is 9.47 Å². The molecule has 0 bridgehead atoms. The number of hydrogen-bond acceptors (Lipinski definition) is 4. The molecule has 0 spiro atoms. The van der Waals surface area contributed by atoms with E-state index >= 15 is 0 Å². The van der Waals surface area contributed by atoms with Crippen LogP contribution >= 0.6 is 15.9 Å². The first-order chi connectivity index (χ1) is 11.2. The molecule has 0 heterocycles. The summed E-state index contributed by atoms with van der Waals surface area (Å²) >= 11 is 3.37. The zero-order valence-electron chi connectivity index (χ0n) is 12.2. The Kier molecular flexibility index (Phi) is 6.23.